The van der Waals surface area contributed by atoms with Crippen LogP contribution < -0.4 is 16.4 Å². The van der Waals surface area contributed by atoms with Gasteiger partial charge in [-0.05, 0) is 78.9 Å². The summed E-state index contributed by atoms with van der Waals surface area (Å²) < 4.78 is 0. The minimum absolute atomic E-state index is 0.0584. The topological polar surface area (TPSA) is 87.4 Å². The van der Waals surface area contributed by atoms with Crippen molar-refractivity contribution < 1.29 is 9.90 Å². The molecule has 0 unspecified atom stereocenters. The summed E-state index contributed by atoms with van der Waals surface area (Å²) in [6.07, 6.45) is 3.17. The van der Waals surface area contributed by atoms with Crippen molar-refractivity contribution in [1.82, 2.24) is 0 Å². The van der Waals surface area contributed by atoms with Crippen LogP contribution >= 0.6 is 0 Å². The molecule has 0 saturated carbocycles. The number of amides is 1. The number of hydrogen-bond acceptors (Lipinski definition) is 4. The molecule has 0 aliphatic heterocycles. The van der Waals surface area contributed by atoms with Crippen molar-refractivity contribution in [1.29, 1.82) is 0 Å². The summed E-state index contributed by atoms with van der Waals surface area (Å²) in [5, 5.41) is 15.7. The quantitative estimate of drug-likeness (QED) is 0.261. The van der Waals surface area contributed by atoms with Crippen molar-refractivity contribution in [2.75, 3.05) is 16.4 Å². The Hall–Kier alpha value is -3.73. The van der Waals surface area contributed by atoms with E-state index in [1.807, 2.05) is 24.3 Å². The molecule has 1 amide bonds. The van der Waals surface area contributed by atoms with Crippen molar-refractivity contribution in [2.45, 2.75) is 27.3 Å². The second kappa shape index (κ2) is 9.18. The Morgan fingerprint density at radius 3 is 2.37 bits per heavy atom. The molecule has 0 aliphatic rings. The highest BCUT2D eigenvalue weighted by atomic mass is 16.3. The van der Waals surface area contributed by atoms with Crippen molar-refractivity contribution in [2.24, 2.45) is 0 Å². The van der Waals surface area contributed by atoms with Crippen molar-refractivity contribution in [3.8, 4) is 5.75 Å². The number of aromatic hydroxyl groups is 1. The molecule has 154 valence electrons. The molecule has 0 aliphatic carbocycles. The summed E-state index contributed by atoms with van der Waals surface area (Å²) in [7, 11) is 0. The summed E-state index contributed by atoms with van der Waals surface area (Å²) in [6, 6.07) is 17.1. The van der Waals surface area contributed by atoms with Gasteiger partial charge in [0.1, 0.15) is 5.75 Å². The zero-order valence-corrected chi connectivity index (χ0v) is 17.5. The Kier molecular flexibility index (Phi) is 6.42. The van der Waals surface area contributed by atoms with Crippen LogP contribution in [0.3, 0.4) is 0 Å². The largest absolute Gasteiger partial charge is 0.506 e. The predicted octanol–water partition coefficient (Wildman–Crippen LogP) is 5.16. The van der Waals surface area contributed by atoms with Crippen LogP contribution in [0.15, 0.2) is 60.7 Å². The van der Waals surface area contributed by atoms with Crippen LogP contribution in [0.4, 0.5) is 17.1 Å². The molecule has 3 aromatic carbocycles. The number of phenolic OH excluding ortho intramolecular Hbond substituents is 1. The maximum Gasteiger partial charge on any atom is 0.248 e. The first-order chi connectivity index (χ1) is 14.3. The molecular weight excluding hydrogens is 374 g/mol. The molecule has 30 heavy (non-hydrogen) atoms. The summed E-state index contributed by atoms with van der Waals surface area (Å²) in [6.45, 7) is 7.11. The fourth-order valence-electron chi connectivity index (χ4n) is 3.10. The van der Waals surface area contributed by atoms with Gasteiger partial charge in [0.05, 0.1) is 11.4 Å². The minimum Gasteiger partial charge on any atom is -0.506 e. The first kappa shape index (κ1) is 21.0. The molecule has 0 heterocycles. The van der Waals surface area contributed by atoms with Crippen LogP contribution in [-0.4, -0.2) is 11.0 Å². The first-order valence-electron chi connectivity index (χ1n) is 9.80. The van der Waals surface area contributed by atoms with Crippen LogP contribution in [0.25, 0.3) is 6.08 Å². The average molecular weight is 402 g/mol. The summed E-state index contributed by atoms with van der Waals surface area (Å²) in [5.41, 5.74) is 13.4. The minimum atomic E-state index is -0.317. The highest BCUT2D eigenvalue weighted by Crippen LogP contribution is 2.27. The molecule has 0 radical (unpaired) electrons. The second-order valence-corrected chi connectivity index (χ2v) is 7.39. The molecule has 0 fully saturated rings. The number of hydrogen-bond donors (Lipinski definition) is 4. The van der Waals surface area contributed by atoms with E-state index in [0.717, 1.165) is 23.4 Å². The van der Waals surface area contributed by atoms with E-state index in [-0.39, 0.29) is 17.3 Å². The Labute approximate surface area is 177 Å². The lowest BCUT2D eigenvalue weighted by molar-refractivity contribution is -0.111. The van der Waals surface area contributed by atoms with E-state index < -0.39 is 0 Å². The van der Waals surface area contributed by atoms with Crippen LogP contribution in [0.1, 0.15) is 27.8 Å². The van der Waals surface area contributed by atoms with Gasteiger partial charge in [-0.25, -0.2) is 0 Å². The highest BCUT2D eigenvalue weighted by Gasteiger charge is 2.05. The molecule has 5 N–H and O–H groups in total. The Bertz CT molecular complexity index is 1060. The van der Waals surface area contributed by atoms with Crippen molar-refractivity contribution in [3.63, 3.8) is 0 Å². The molecule has 0 bridgehead atoms. The van der Waals surface area contributed by atoms with Crippen molar-refractivity contribution in [3.05, 3.63) is 88.5 Å². The van der Waals surface area contributed by atoms with Crippen molar-refractivity contribution >= 4 is 29.0 Å². The number of phenols is 1. The van der Waals surface area contributed by atoms with Gasteiger partial charge in [-0.15, -0.1) is 0 Å². The number of carbonyl (C=O) groups excluding carboxylic acids is 1. The van der Waals surface area contributed by atoms with E-state index in [9.17, 15) is 9.90 Å². The van der Waals surface area contributed by atoms with Crippen LogP contribution in [-0.2, 0) is 11.3 Å². The molecule has 3 rings (SSSR count). The van der Waals surface area contributed by atoms with Gasteiger partial charge in [0, 0.05) is 18.3 Å². The van der Waals surface area contributed by atoms with Gasteiger partial charge < -0.3 is 21.5 Å². The van der Waals surface area contributed by atoms with Gasteiger partial charge in [-0.2, -0.15) is 0 Å². The van der Waals surface area contributed by atoms with Gasteiger partial charge in [0.2, 0.25) is 5.91 Å². The van der Waals surface area contributed by atoms with E-state index >= 15 is 0 Å². The molecule has 0 atom stereocenters. The van der Waals surface area contributed by atoms with E-state index in [0.29, 0.717) is 5.69 Å². The maximum atomic E-state index is 12.1. The van der Waals surface area contributed by atoms with Gasteiger partial charge >= 0.3 is 0 Å². The van der Waals surface area contributed by atoms with E-state index in [2.05, 4.69) is 43.5 Å². The zero-order chi connectivity index (χ0) is 21.7. The number of benzene rings is 3. The number of aryl methyl sites for hydroxylation is 2. The van der Waals surface area contributed by atoms with Gasteiger partial charge in [0.25, 0.3) is 0 Å². The average Bonchev–Trinajstić information content (AvgIpc) is 2.73. The van der Waals surface area contributed by atoms with Crippen LogP contribution in [0.2, 0.25) is 0 Å². The lowest BCUT2D eigenvalue weighted by atomic mass is 10.0. The third kappa shape index (κ3) is 5.20. The Morgan fingerprint density at radius 2 is 1.70 bits per heavy atom. The molecule has 0 spiro atoms. The third-order valence-electron chi connectivity index (χ3n) is 5.17. The number of para-hydroxylation sites is 1. The first-order valence-corrected chi connectivity index (χ1v) is 9.80. The molecule has 5 nitrogen and oxygen atoms in total. The molecular formula is C25H27N3O2. The monoisotopic (exact) mass is 401 g/mol. The maximum absolute atomic E-state index is 12.1. The molecule has 0 aromatic heterocycles. The third-order valence-corrected chi connectivity index (χ3v) is 5.17. The number of nitrogen functional groups attached to an aromatic ring is 1. The molecule has 0 saturated heterocycles. The zero-order valence-electron chi connectivity index (χ0n) is 17.5. The SMILES string of the molecule is Cc1cc(NCc2ccc(/C=C/C(=O)Nc3cccc(O)c3N)cc2)cc(C)c1C. The van der Waals surface area contributed by atoms with E-state index in [1.54, 1.807) is 18.2 Å². The lowest BCUT2D eigenvalue weighted by Gasteiger charge is -2.11. The van der Waals surface area contributed by atoms with Gasteiger partial charge in [0.15, 0.2) is 0 Å². The number of carbonyl (C=O) groups is 1. The van der Waals surface area contributed by atoms with Gasteiger partial charge in [-0.3, -0.25) is 4.79 Å². The standard InChI is InChI=1S/C25H27N3O2/c1-16-13-21(14-17(2)18(16)3)27-15-20-9-7-19(8-10-20)11-12-24(30)28-22-5-4-6-23(29)25(22)26/h4-14,27,29H,15,26H2,1-3H3,(H,28,30)/b12-11+. The number of nitrogens with two attached hydrogens (primary N) is 1. The summed E-state index contributed by atoms with van der Waals surface area (Å²) >= 11 is 0. The van der Waals surface area contributed by atoms with Gasteiger partial charge in [-0.1, -0.05) is 30.3 Å². The number of rotatable bonds is 6. The Morgan fingerprint density at radius 1 is 1.03 bits per heavy atom. The lowest BCUT2D eigenvalue weighted by Crippen LogP contribution is -2.09. The Balaban J connectivity index is 1.57. The fraction of sp³-hybridized carbons (Fsp3) is 0.160. The molecule has 3 aromatic rings. The normalized spacial score (nSPS) is 10.9. The fourth-order valence-corrected chi connectivity index (χ4v) is 3.10. The van der Waals surface area contributed by atoms with Crippen LogP contribution in [0.5, 0.6) is 5.75 Å². The predicted molar refractivity (Wildman–Crippen MR) is 125 cm³/mol. The smallest absolute Gasteiger partial charge is 0.248 e. The number of anilines is 3. The summed E-state index contributed by atoms with van der Waals surface area (Å²) in [5.74, 6) is -0.375. The number of nitrogens with one attached hydrogen (secondary N) is 2. The van der Waals surface area contributed by atoms with Crippen LogP contribution in [0, 0.1) is 20.8 Å². The molecule has 5 heteroatoms. The van der Waals surface area contributed by atoms with E-state index in [4.69, 9.17) is 5.73 Å². The van der Waals surface area contributed by atoms with E-state index in [1.165, 1.54) is 28.8 Å². The summed E-state index contributed by atoms with van der Waals surface area (Å²) in [4.78, 5) is 12.1. The second-order valence-electron chi connectivity index (χ2n) is 7.39. The highest BCUT2D eigenvalue weighted by molar-refractivity contribution is 6.04.